The molecule has 1 saturated carbocycles. The number of aromatic amines is 1. The average Bonchev–Trinajstić information content (AvgIpc) is 3.26. The lowest BCUT2D eigenvalue weighted by Gasteiger charge is -2.24. The van der Waals surface area contributed by atoms with E-state index < -0.39 is 0 Å². The maximum Gasteiger partial charge on any atom is 0.110 e. The van der Waals surface area contributed by atoms with Crippen LogP contribution in [0.3, 0.4) is 0 Å². The Morgan fingerprint density at radius 2 is 1.84 bits per heavy atom. The summed E-state index contributed by atoms with van der Waals surface area (Å²) in [6.45, 7) is 4.14. The lowest BCUT2D eigenvalue weighted by atomic mass is 9.83. The third-order valence-corrected chi connectivity index (χ3v) is 6.49. The maximum absolute atomic E-state index is 5.56. The molecule has 4 nitrogen and oxygen atoms in total. The number of hydrogen-bond donors (Lipinski definition) is 1. The Morgan fingerprint density at radius 3 is 2.64 bits per heavy atom. The van der Waals surface area contributed by atoms with E-state index in [0.717, 1.165) is 49.4 Å². The number of ether oxygens (including phenoxy) is 1. The molecule has 1 aliphatic heterocycles. The highest BCUT2D eigenvalue weighted by molar-refractivity contribution is 5.92. The van der Waals surface area contributed by atoms with Crippen molar-refractivity contribution < 1.29 is 4.74 Å². The minimum absolute atomic E-state index is 0.594. The molecule has 3 aliphatic rings. The van der Waals surface area contributed by atoms with Gasteiger partial charge in [0.15, 0.2) is 0 Å². The molecule has 1 N–H and O–H groups in total. The molecule has 0 aromatic carbocycles. The Labute approximate surface area is 149 Å². The van der Waals surface area contributed by atoms with Crippen LogP contribution in [0.4, 0.5) is 0 Å². The molecule has 0 atom stereocenters. The summed E-state index contributed by atoms with van der Waals surface area (Å²) in [5.74, 6) is 3.26. The first-order valence-electron chi connectivity index (χ1n) is 9.95. The van der Waals surface area contributed by atoms with E-state index in [-0.39, 0.29) is 0 Å². The number of H-pyrrole nitrogens is 1. The lowest BCUT2D eigenvalue weighted by molar-refractivity contribution is 0.0808. The standard InChI is InChI=1S/C21H27N3O/c1-13-2-4-15(5-3-13)21-23-18-12-22-17-7-6-16(19(17)20(18)24-21)14-8-10-25-11-9-14/h6,12-15H,2-5,7-11H2,1H3,(H,23,24). The van der Waals surface area contributed by atoms with Gasteiger partial charge in [-0.3, -0.25) is 4.98 Å². The number of hydrogen-bond acceptors (Lipinski definition) is 3. The van der Waals surface area contributed by atoms with Crippen molar-refractivity contribution in [1.82, 2.24) is 15.0 Å². The molecule has 2 aliphatic carbocycles. The minimum Gasteiger partial charge on any atom is -0.381 e. The van der Waals surface area contributed by atoms with Gasteiger partial charge < -0.3 is 9.72 Å². The van der Waals surface area contributed by atoms with Crippen molar-refractivity contribution in [3.63, 3.8) is 0 Å². The van der Waals surface area contributed by atoms with Gasteiger partial charge in [-0.25, -0.2) is 4.98 Å². The fraction of sp³-hybridized carbons (Fsp3) is 0.619. The molecule has 2 aromatic heterocycles. The number of pyridine rings is 1. The molecule has 0 unspecified atom stereocenters. The van der Waals surface area contributed by atoms with E-state index in [1.165, 1.54) is 48.3 Å². The molecule has 2 fully saturated rings. The van der Waals surface area contributed by atoms with Crippen LogP contribution in [0.15, 0.2) is 12.3 Å². The summed E-state index contributed by atoms with van der Waals surface area (Å²) in [6.07, 6.45) is 12.8. The van der Waals surface area contributed by atoms with E-state index >= 15 is 0 Å². The molecule has 0 bridgehead atoms. The van der Waals surface area contributed by atoms with Crippen molar-refractivity contribution in [2.45, 2.75) is 57.8 Å². The first-order chi connectivity index (χ1) is 12.3. The van der Waals surface area contributed by atoms with Crippen molar-refractivity contribution in [3.8, 4) is 0 Å². The van der Waals surface area contributed by atoms with Crippen LogP contribution < -0.4 is 0 Å². The second kappa shape index (κ2) is 6.24. The number of fused-ring (bicyclic) bond motifs is 3. The van der Waals surface area contributed by atoms with Crippen LogP contribution in [0.2, 0.25) is 0 Å². The van der Waals surface area contributed by atoms with Crippen molar-refractivity contribution in [1.29, 1.82) is 0 Å². The molecule has 1 saturated heterocycles. The van der Waals surface area contributed by atoms with E-state index in [9.17, 15) is 0 Å². The Morgan fingerprint density at radius 1 is 1.04 bits per heavy atom. The summed E-state index contributed by atoms with van der Waals surface area (Å²) < 4.78 is 5.56. The number of imidazole rings is 1. The van der Waals surface area contributed by atoms with E-state index in [1.807, 2.05) is 6.20 Å². The van der Waals surface area contributed by atoms with Crippen molar-refractivity contribution in [2.24, 2.45) is 11.8 Å². The number of nitrogens with one attached hydrogen (secondary N) is 1. The van der Waals surface area contributed by atoms with E-state index in [0.29, 0.717) is 11.8 Å². The normalized spacial score (nSPS) is 27.5. The highest BCUT2D eigenvalue weighted by atomic mass is 16.5. The second-order valence-electron chi connectivity index (χ2n) is 8.17. The third-order valence-electron chi connectivity index (χ3n) is 6.49. The molecular weight excluding hydrogens is 310 g/mol. The summed E-state index contributed by atoms with van der Waals surface area (Å²) >= 11 is 0. The summed E-state index contributed by atoms with van der Waals surface area (Å²) in [4.78, 5) is 13.5. The van der Waals surface area contributed by atoms with Crippen LogP contribution in [-0.4, -0.2) is 28.2 Å². The van der Waals surface area contributed by atoms with E-state index in [2.05, 4.69) is 18.0 Å². The summed E-state index contributed by atoms with van der Waals surface area (Å²) in [5, 5.41) is 0. The molecule has 4 heteroatoms. The Balaban J connectivity index is 1.51. The molecule has 25 heavy (non-hydrogen) atoms. The average molecular weight is 337 g/mol. The zero-order valence-electron chi connectivity index (χ0n) is 15.1. The fourth-order valence-electron chi connectivity index (χ4n) is 4.91. The van der Waals surface area contributed by atoms with Crippen LogP contribution in [0.5, 0.6) is 0 Å². The predicted octanol–water partition coefficient (Wildman–Crippen LogP) is 4.62. The molecule has 2 aromatic rings. The number of nitrogens with zero attached hydrogens (tertiary/aromatic N) is 2. The van der Waals surface area contributed by atoms with Gasteiger partial charge in [-0.15, -0.1) is 0 Å². The predicted molar refractivity (Wildman–Crippen MR) is 99.5 cm³/mol. The van der Waals surface area contributed by atoms with Crippen molar-refractivity contribution >= 4 is 16.6 Å². The van der Waals surface area contributed by atoms with Gasteiger partial charge >= 0.3 is 0 Å². The van der Waals surface area contributed by atoms with Gasteiger partial charge in [0.1, 0.15) is 5.82 Å². The number of aromatic nitrogens is 3. The maximum atomic E-state index is 5.56. The highest BCUT2D eigenvalue weighted by Gasteiger charge is 2.29. The highest BCUT2D eigenvalue weighted by Crippen LogP contribution is 2.41. The topological polar surface area (TPSA) is 50.8 Å². The zero-order valence-corrected chi connectivity index (χ0v) is 15.1. The third kappa shape index (κ3) is 2.71. The van der Waals surface area contributed by atoms with Crippen LogP contribution in [0.25, 0.3) is 16.6 Å². The molecule has 0 radical (unpaired) electrons. The van der Waals surface area contributed by atoms with Crippen LogP contribution in [0.1, 0.15) is 68.4 Å². The smallest absolute Gasteiger partial charge is 0.110 e. The molecular formula is C21H27N3O. The Hall–Kier alpha value is -1.68. The van der Waals surface area contributed by atoms with Gasteiger partial charge in [-0.05, 0) is 43.1 Å². The molecule has 0 spiro atoms. The fourth-order valence-corrected chi connectivity index (χ4v) is 4.91. The quantitative estimate of drug-likeness (QED) is 0.870. The number of allylic oxidation sites excluding steroid dienone is 2. The van der Waals surface area contributed by atoms with E-state index in [1.54, 1.807) is 0 Å². The van der Waals surface area contributed by atoms with Gasteiger partial charge in [-0.1, -0.05) is 25.8 Å². The monoisotopic (exact) mass is 337 g/mol. The van der Waals surface area contributed by atoms with Crippen LogP contribution in [-0.2, 0) is 11.2 Å². The van der Waals surface area contributed by atoms with Gasteiger partial charge in [0.05, 0.1) is 22.9 Å². The second-order valence-corrected chi connectivity index (χ2v) is 8.17. The molecule has 132 valence electrons. The first-order valence-corrected chi connectivity index (χ1v) is 9.95. The van der Waals surface area contributed by atoms with Gasteiger partial charge in [-0.2, -0.15) is 0 Å². The largest absolute Gasteiger partial charge is 0.381 e. The van der Waals surface area contributed by atoms with Gasteiger partial charge in [0, 0.05) is 31.1 Å². The summed E-state index contributed by atoms with van der Waals surface area (Å²) in [6, 6.07) is 0. The van der Waals surface area contributed by atoms with Gasteiger partial charge in [0.25, 0.3) is 0 Å². The van der Waals surface area contributed by atoms with Crippen LogP contribution in [0, 0.1) is 11.8 Å². The van der Waals surface area contributed by atoms with Crippen LogP contribution >= 0.6 is 0 Å². The Kier molecular flexibility index (Phi) is 3.89. The summed E-state index contributed by atoms with van der Waals surface area (Å²) in [5.41, 5.74) is 6.30. The number of rotatable bonds is 2. The molecule has 5 rings (SSSR count). The van der Waals surface area contributed by atoms with E-state index in [4.69, 9.17) is 14.7 Å². The summed E-state index contributed by atoms with van der Waals surface area (Å²) in [7, 11) is 0. The molecule has 0 amide bonds. The zero-order chi connectivity index (χ0) is 16.8. The Bertz CT molecular complexity index is 808. The van der Waals surface area contributed by atoms with Crippen molar-refractivity contribution in [3.05, 3.63) is 29.4 Å². The first kappa shape index (κ1) is 15.6. The minimum atomic E-state index is 0.594. The molecule has 3 heterocycles. The lowest BCUT2D eigenvalue weighted by Crippen LogP contribution is -2.16. The van der Waals surface area contributed by atoms with Crippen molar-refractivity contribution in [2.75, 3.05) is 13.2 Å². The SMILES string of the molecule is CC1CCC(c2nc3c4c(ncc3[nH]2)CC=C4C2CCOCC2)CC1. The van der Waals surface area contributed by atoms with Gasteiger partial charge in [0.2, 0.25) is 0 Å².